The van der Waals surface area contributed by atoms with Crippen LogP contribution in [0.4, 0.5) is 13.2 Å². The molecule has 8 heteroatoms. The highest BCUT2D eigenvalue weighted by Gasteiger charge is 2.38. The number of nitrogens with zero attached hydrogens (tertiary/aromatic N) is 1. The first-order valence-electron chi connectivity index (χ1n) is 7.58. The maximum Gasteiger partial charge on any atom is 0.573 e. The van der Waals surface area contributed by atoms with Gasteiger partial charge in [-0.15, -0.1) is 25.6 Å². The molecule has 138 valence electrons. The van der Waals surface area contributed by atoms with Gasteiger partial charge in [-0.25, -0.2) is 0 Å². The molecule has 1 aromatic rings. The molecule has 24 heavy (non-hydrogen) atoms. The molecule has 1 N–H and O–H groups in total. The maximum atomic E-state index is 12.8. The Balaban J connectivity index is 0.00000288. The van der Waals surface area contributed by atoms with Gasteiger partial charge in [-0.2, -0.15) is 0 Å². The molecule has 1 aliphatic heterocycles. The van der Waals surface area contributed by atoms with Gasteiger partial charge in [-0.3, -0.25) is 4.90 Å². The molecule has 1 atom stereocenters. The first-order chi connectivity index (χ1) is 10.6. The summed E-state index contributed by atoms with van der Waals surface area (Å²) in [6, 6.07) is 4.52. The lowest BCUT2D eigenvalue weighted by Crippen LogP contribution is -2.48. The van der Waals surface area contributed by atoms with Crippen LogP contribution in [0.15, 0.2) is 22.7 Å². The molecule has 0 aromatic heterocycles. The zero-order valence-corrected chi connectivity index (χ0v) is 16.3. The van der Waals surface area contributed by atoms with E-state index in [9.17, 15) is 13.2 Å². The number of piperazine rings is 1. The molecule has 0 aliphatic carbocycles. The quantitative estimate of drug-likeness (QED) is 0.747. The fourth-order valence-electron chi connectivity index (χ4n) is 3.10. The summed E-state index contributed by atoms with van der Waals surface area (Å²) < 4.78 is 43.3. The third-order valence-corrected chi connectivity index (χ3v) is 4.32. The van der Waals surface area contributed by atoms with E-state index < -0.39 is 6.36 Å². The zero-order valence-electron chi connectivity index (χ0n) is 13.9. The number of nitrogens with one attached hydrogen (secondary N) is 1. The van der Waals surface area contributed by atoms with Crippen LogP contribution in [0.2, 0.25) is 0 Å². The Bertz CT molecular complexity index is 543. The normalized spacial score (nSPS) is 18.0. The molecule has 1 heterocycles. The zero-order chi connectivity index (χ0) is 17.3. The van der Waals surface area contributed by atoms with Crippen molar-refractivity contribution in [1.29, 1.82) is 0 Å². The van der Waals surface area contributed by atoms with Crippen molar-refractivity contribution in [1.82, 2.24) is 10.2 Å². The second kappa shape index (κ2) is 8.25. The van der Waals surface area contributed by atoms with Crippen molar-refractivity contribution in [2.75, 3.05) is 26.2 Å². The van der Waals surface area contributed by atoms with E-state index in [1.807, 2.05) is 20.8 Å². The van der Waals surface area contributed by atoms with Gasteiger partial charge in [-0.1, -0.05) is 36.7 Å². The van der Waals surface area contributed by atoms with Crippen molar-refractivity contribution in [2.24, 2.45) is 5.41 Å². The third-order valence-electron chi connectivity index (χ3n) is 3.83. The molecule has 1 aliphatic rings. The molecule has 0 unspecified atom stereocenters. The molecular weight excluding hydrogens is 409 g/mol. The molecule has 0 spiro atoms. The topological polar surface area (TPSA) is 24.5 Å². The predicted octanol–water partition coefficient (Wildman–Crippen LogP) is 4.76. The Morgan fingerprint density at radius 3 is 2.25 bits per heavy atom. The number of alkyl halides is 3. The smallest absolute Gasteiger partial charge is 0.405 e. The summed E-state index contributed by atoms with van der Waals surface area (Å²) in [5, 5.41) is 3.27. The van der Waals surface area contributed by atoms with Crippen molar-refractivity contribution >= 4 is 28.3 Å². The fourth-order valence-corrected chi connectivity index (χ4v) is 3.48. The van der Waals surface area contributed by atoms with Crippen molar-refractivity contribution < 1.29 is 17.9 Å². The minimum Gasteiger partial charge on any atom is -0.405 e. The lowest BCUT2D eigenvalue weighted by Gasteiger charge is -2.43. The van der Waals surface area contributed by atoms with Gasteiger partial charge >= 0.3 is 6.36 Å². The Labute approximate surface area is 155 Å². The second-order valence-electron chi connectivity index (χ2n) is 6.78. The van der Waals surface area contributed by atoms with Crippen LogP contribution in [0.1, 0.15) is 32.4 Å². The average Bonchev–Trinajstić information content (AvgIpc) is 2.40. The van der Waals surface area contributed by atoms with Gasteiger partial charge in [-0.05, 0) is 23.6 Å². The fraction of sp³-hybridized carbons (Fsp3) is 0.625. The minimum absolute atomic E-state index is 0. The van der Waals surface area contributed by atoms with E-state index in [4.69, 9.17) is 0 Å². The summed E-state index contributed by atoms with van der Waals surface area (Å²) in [6.45, 7) is 9.36. The van der Waals surface area contributed by atoms with E-state index in [0.717, 1.165) is 30.7 Å². The van der Waals surface area contributed by atoms with Gasteiger partial charge in [0, 0.05) is 42.3 Å². The van der Waals surface area contributed by atoms with Crippen LogP contribution < -0.4 is 10.1 Å². The van der Waals surface area contributed by atoms with Crippen LogP contribution >= 0.6 is 28.3 Å². The van der Waals surface area contributed by atoms with E-state index in [1.54, 1.807) is 12.1 Å². The predicted molar refractivity (Wildman–Crippen MR) is 94.7 cm³/mol. The van der Waals surface area contributed by atoms with Gasteiger partial charge in [0.25, 0.3) is 0 Å². The van der Waals surface area contributed by atoms with Crippen LogP contribution in [0.25, 0.3) is 0 Å². The Hall–Kier alpha value is -0.500. The minimum atomic E-state index is -4.70. The average molecular weight is 432 g/mol. The van der Waals surface area contributed by atoms with E-state index >= 15 is 0 Å². The van der Waals surface area contributed by atoms with Crippen molar-refractivity contribution in [2.45, 2.75) is 33.2 Å². The van der Waals surface area contributed by atoms with Crippen molar-refractivity contribution in [3.05, 3.63) is 28.2 Å². The van der Waals surface area contributed by atoms with Crippen molar-refractivity contribution in [3.63, 3.8) is 0 Å². The van der Waals surface area contributed by atoms with Crippen LogP contribution in [0, 0.1) is 5.41 Å². The highest BCUT2D eigenvalue weighted by Crippen LogP contribution is 2.44. The number of ether oxygens (including phenoxy) is 1. The SMILES string of the molecule is CC(C)(C)[C@@H](c1cc(Br)ccc1OC(F)(F)F)N1CCNCC1.Cl. The molecule has 1 saturated heterocycles. The molecule has 0 bridgehead atoms. The van der Waals surface area contributed by atoms with E-state index in [2.05, 4.69) is 30.9 Å². The molecule has 0 amide bonds. The largest absolute Gasteiger partial charge is 0.573 e. The van der Waals surface area contributed by atoms with Crippen LogP contribution in [-0.2, 0) is 0 Å². The Morgan fingerprint density at radius 1 is 1.17 bits per heavy atom. The van der Waals surface area contributed by atoms with Gasteiger partial charge in [0.1, 0.15) is 5.75 Å². The third kappa shape index (κ3) is 5.79. The Morgan fingerprint density at radius 2 is 1.75 bits per heavy atom. The van der Waals surface area contributed by atoms with E-state index in [-0.39, 0.29) is 29.6 Å². The summed E-state index contributed by atoms with van der Waals surface area (Å²) in [6.07, 6.45) is -4.70. The lowest BCUT2D eigenvalue weighted by atomic mass is 9.80. The number of hydrogen-bond donors (Lipinski definition) is 1. The van der Waals surface area contributed by atoms with E-state index in [0.29, 0.717) is 5.56 Å². The summed E-state index contributed by atoms with van der Waals surface area (Å²) in [5.74, 6) is -0.126. The first-order valence-corrected chi connectivity index (χ1v) is 8.37. The first kappa shape index (κ1) is 21.5. The molecule has 3 nitrogen and oxygen atoms in total. The van der Waals surface area contributed by atoms with Gasteiger partial charge in [0.2, 0.25) is 0 Å². The van der Waals surface area contributed by atoms with Gasteiger partial charge in [0.05, 0.1) is 0 Å². The van der Waals surface area contributed by atoms with Crippen LogP contribution in [-0.4, -0.2) is 37.4 Å². The number of halogens is 5. The van der Waals surface area contributed by atoms with Crippen LogP contribution in [0.3, 0.4) is 0 Å². The number of benzene rings is 1. The molecule has 0 radical (unpaired) electrons. The summed E-state index contributed by atoms with van der Waals surface area (Å²) >= 11 is 3.37. The number of rotatable bonds is 3. The molecular formula is C16H23BrClF3N2O. The maximum absolute atomic E-state index is 12.8. The highest BCUT2D eigenvalue weighted by molar-refractivity contribution is 9.10. The van der Waals surface area contributed by atoms with Crippen molar-refractivity contribution in [3.8, 4) is 5.75 Å². The van der Waals surface area contributed by atoms with Gasteiger partial charge in [0.15, 0.2) is 0 Å². The summed E-state index contributed by atoms with van der Waals surface area (Å²) in [7, 11) is 0. The van der Waals surface area contributed by atoms with E-state index in [1.165, 1.54) is 6.07 Å². The summed E-state index contributed by atoms with van der Waals surface area (Å²) in [4.78, 5) is 2.22. The van der Waals surface area contributed by atoms with Crippen LogP contribution in [0.5, 0.6) is 5.75 Å². The monoisotopic (exact) mass is 430 g/mol. The van der Waals surface area contributed by atoms with Gasteiger partial charge < -0.3 is 10.1 Å². The highest BCUT2D eigenvalue weighted by atomic mass is 79.9. The molecule has 0 saturated carbocycles. The second-order valence-corrected chi connectivity index (χ2v) is 7.70. The standard InChI is InChI=1S/C16H22BrF3N2O.ClH/c1-15(2,3)14(22-8-6-21-7-9-22)12-10-11(17)4-5-13(12)23-16(18,19)20;/h4-5,10,14,21H,6-9H2,1-3H3;1H/t14-;/m1./s1. The lowest BCUT2D eigenvalue weighted by molar-refractivity contribution is -0.275. The molecule has 1 fully saturated rings. The summed E-state index contributed by atoms with van der Waals surface area (Å²) in [5.41, 5.74) is 0.327. The Kier molecular flexibility index (Phi) is 7.41. The number of hydrogen-bond acceptors (Lipinski definition) is 3. The molecule has 2 rings (SSSR count). The molecule has 1 aromatic carbocycles.